The summed E-state index contributed by atoms with van der Waals surface area (Å²) in [6, 6.07) is 2.45. The second-order valence-electron chi connectivity index (χ2n) is 5.42. The van der Waals surface area contributed by atoms with Crippen molar-refractivity contribution in [1.82, 2.24) is 9.97 Å². The molecule has 12 heteroatoms. The van der Waals surface area contributed by atoms with Gasteiger partial charge in [0.25, 0.3) is 5.69 Å². The van der Waals surface area contributed by atoms with Gasteiger partial charge in [-0.1, -0.05) is 23.2 Å². The number of rotatable bonds is 5. The number of morpholine rings is 1. The van der Waals surface area contributed by atoms with E-state index in [9.17, 15) is 14.5 Å². The Kier molecular flexibility index (Phi) is 5.99. The highest BCUT2D eigenvalue weighted by Crippen LogP contribution is 2.30. The molecule has 0 unspecified atom stereocenters. The SMILES string of the molecule is O=[N+]([O-])c1cc(/C=N\Nc2ncc(F)c(N3CCOCC3)n2)c(Cl)cc1Cl. The van der Waals surface area contributed by atoms with Crippen LogP contribution in [-0.2, 0) is 4.74 Å². The van der Waals surface area contributed by atoms with Crippen LogP contribution in [0.5, 0.6) is 0 Å². The van der Waals surface area contributed by atoms with Crippen molar-refractivity contribution in [2.45, 2.75) is 0 Å². The van der Waals surface area contributed by atoms with Gasteiger partial charge < -0.3 is 9.64 Å². The topological polar surface area (TPSA) is 106 Å². The normalized spacial score (nSPS) is 14.6. The smallest absolute Gasteiger partial charge is 0.288 e. The summed E-state index contributed by atoms with van der Waals surface area (Å²) in [7, 11) is 0. The molecule has 1 aromatic heterocycles. The lowest BCUT2D eigenvalue weighted by molar-refractivity contribution is -0.384. The number of nitrogens with zero attached hydrogens (tertiary/aromatic N) is 5. The maximum atomic E-state index is 14.0. The van der Waals surface area contributed by atoms with E-state index in [-0.39, 0.29) is 33.1 Å². The maximum Gasteiger partial charge on any atom is 0.288 e. The summed E-state index contributed by atoms with van der Waals surface area (Å²) in [6.07, 6.45) is 2.29. The molecule has 0 spiro atoms. The molecule has 0 amide bonds. The molecule has 1 N–H and O–H groups in total. The Bertz CT molecular complexity index is 892. The minimum absolute atomic E-state index is 0.0636. The predicted molar refractivity (Wildman–Crippen MR) is 99.4 cm³/mol. The number of anilines is 2. The average molecular weight is 415 g/mol. The molecule has 1 saturated heterocycles. The third-order valence-corrected chi connectivity index (χ3v) is 4.30. The molecule has 142 valence electrons. The van der Waals surface area contributed by atoms with Crippen LogP contribution in [0, 0.1) is 15.9 Å². The van der Waals surface area contributed by atoms with E-state index in [1.54, 1.807) is 4.90 Å². The molecule has 1 aliphatic heterocycles. The first-order valence-electron chi connectivity index (χ1n) is 7.73. The molecule has 1 aromatic carbocycles. The molecule has 0 saturated carbocycles. The van der Waals surface area contributed by atoms with Crippen molar-refractivity contribution in [1.29, 1.82) is 0 Å². The number of nitro benzene ring substituents is 1. The Morgan fingerprint density at radius 3 is 2.78 bits per heavy atom. The van der Waals surface area contributed by atoms with E-state index >= 15 is 0 Å². The number of hydrazone groups is 1. The zero-order chi connectivity index (χ0) is 19.4. The van der Waals surface area contributed by atoms with Gasteiger partial charge in [0.05, 0.1) is 35.6 Å². The second-order valence-corrected chi connectivity index (χ2v) is 6.23. The fourth-order valence-corrected chi connectivity index (χ4v) is 2.86. The summed E-state index contributed by atoms with van der Waals surface area (Å²) in [5.74, 6) is -0.345. The Labute approximate surface area is 162 Å². The minimum Gasteiger partial charge on any atom is -0.378 e. The standard InChI is InChI=1S/C15H13Cl2FN6O3/c16-10-6-11(17)13(24(25)26)5-9(10)7-20-22-15-19-8-12(18)14(21-15)23-1-3-27-4-2-23/h5-8H,1-4H2,(H,19,21,22)/b20-7-. The summed E-state index contributed by atoms with van der Waals surface area (Å²) in [5, 5.41) is 15.0. The first-order chi connectivity index (χ1) is 13.0. The van der Waals surface area contributed by atoms with Crippen LogP contribution < -0.4 is 10.3 Å². The Hall–Kier alpha value is -2.56. The number of hydrogen-bond donors (Lipinski definition) is 1. The summed E-state index contributed by atoms with van der Waals surface area (Å²) in [4.78, 5) is 20.0. The maximum absolute atomic E-state index is 14.0. The van der Waals surface area contributed by atoms with Crippen molar-refractivity contribution in [2.75, 3.05) is 36.6 Å². The van der Waals surface area contributed by atoms with Crippen LogP contribution in [0.1, 0.15) is 5.56 Å². The van der Waals surface area contributed by atoms with E-state index in [0.717, 1.165) is 6.20 Å². The van der Waals surface area contributed by atoms with Gasteiger partial charge >= 0.3 is 0 Å². The summed E-state index contributed by atoms with van der Waals surface area (Å²) in [5.41, 5.74) is 2.53. The Morgan fingerprint density at radius 2 is 2.07 bits per heavy atom. The molecule has 2 heterocycles. The number of aromatic nitrogens is 2. The van der Waals surface area contributed by atoms with E-state index < -0.39 is 10.7 Å². The summed E-state index contributed by atoms with van der Waals surface area (Å²) in [6.45, 7) is 2.00. The summed E-state index contributed by atoms with van der Waals surface area (Å²) < 4.78 is 19.2. The van der Waals surface area contributed by atoms with Gasteiger partial charge in [-0.05, 0) is 6.07 Å². The fourth-order valence-electron chi connectivity index (χ4n) is 2.36. The van der Waals surface area contributed by atoms with E-state index in [1.807, 2.05) is 0 Å². The quantitative estimate of drug-likeness (QED) is 0.454. The van der Waals surface area contributed by atoms with Crippen molar-refractivity contribution in [3.63, 3.8) is 0 Å². The molecule has 0 bridgehead atoms. The van der Waals surface area contributed by atoms with Crippen molar-refractivity contribution in [3.05, 3.63) is 49.9 Å². The molecule has 1 aliphatic rings. The average Bonchev–Trinajstić information content (AvgIpc) is 2.65. The molecular formula is C15H13Cl2FN6O3. The first kappa shape index (κ1) is 19.2. The fraction of sp³-hybridized carbons (Fsp3) is 0.267. The number of nitro groups is 1. The molecule has 27 heavy (non-hydrogen) atoms. The van der Waals surface area contributed by atoms with E-state index in [2.05, 4.69) is 20.5 Å². The van der Waals surface area contributed by atoms with Gasteiger partial charge in [-0.15, -0.1) is 0 Å². The highest BCUT2D eigenvalue weighted by molar-refractivity contribution is 6.37. The van der Waals surface area contributed by atoms with Gasteiger partial charge in [-0.25, -0.2) is 14.8 Å². The van der Waals surface area contributed by atoms with Crippen LogP contribution in [-0.4, -0.2) is 47.4 Å². The van der Waals surface area contributed by atoms with Crippen molar-refractivity contribution >= 4 is 46.9 Å². The van der Waals surface area contributed by atoms with Crippen LogP contribution in [0.2, 0.25) is 10.0 Å². The van der Waals surface area contributed by atoms with Crippen LogP contribution in [0.15, 0.2) is 23.4 Å². The Morgan fingerprint density at radius 1 is 1.33 bits per heavy atom. The van der Waals surface area contributed by atoms with E-state index in [4.69, 9.17) is 27.9 Å². The van der Waals surface area contributed by atoms with Crippen LogP contribution in [0.4, 0.5) is 21.8 Å². The van der Waals surface area contributed by atoms with Gasteiger partial charge in [0.2, 0.25) is 5.95 Å². The molecule has 0 atom stereocenters. The van der Waals surface area contributed by atoms with E-state index in [0.29, 0.717) is 26.3 Å². The largest absolute Gasteiger partial charge is 0.378 e. The third-order valence-electron chi connectivity index (χ3n) is 3.67. The van der Waals surface area contributed by atoms with Crippen molar-refractivity contribution in [2.24, 2.45) is 5.10 Å². The minimum atomic E-state index is -0.624. The van der Waals surface area contributed by atoms with Gasteiger partial charge in [0.1, 0.15) is 5.02 Å². The van der Waals surface area contributed by atoms with Crippen LogP contribution in [0.3, 0.4) is 0 Å². The van der Waals surface area contributed by atoms with Gasteiger partial charge in [0.15, 0.2) is 11.6 Å². The zero-order valence-corrected chi connectivity index (χ0v) is 15.2. The third kappa shape index (κ3) is 4.59. The first-order valence-corrected chi connectivity index (χ1v) is 8.49. The van der Waals surface area contributed by atoms with Crippen LogP contribution >= 0.6 is 23.2 Å². The highest BCUT2D eigenvalue weighted by Gasteiger charge is 2.18. The van der Waals surface area contributed by atoms with Gasteiger partial charge in [-0.2, -0.15) is 10.1 Å². The van der Waals surface area contributed by atoms with Gasteiger partial charge in [0, 0.05) is 24.7 Å². The lowest BCUT2D eigenvalue weighted by Crippen LogP contribution is -2.37. The number of ether oxygens (including phenoxy) is 1. The molecular weight excluding hydrogens is 402 g/mol. The Balaban J connectivity index is 1.77. The second kappa shape index (κ2) is 8.42. The zero-order valence-electron chi connectivity index (χ0n) is 13.7. The summed E-state index contributed by atoms with van der Waals surface area (Å²) >= 11 is 11.8. The van der Waals surface area contributed by atoms with Crippen molar-refractivity contribution in [3.8, 4) is 0 Å². The lowest BCUT2D eigenvalue weighted by Gasteiger charge is -2.27. The molecule has 2 aromatic rings. The molecule has 1 fully saturated rings. The number of benzene rings is 1. The molecule has 0 radical (unpaired) electrons. The lowest BCUT2D eigenvalue weighted by atomic mass is 10.2. The number of nitrogens with one attached hydrogen (secondary N) is 1. The van der Waals surface area contributed by atoms with Crippen LogP contribution in [0.25, 0.3) is 0 Å². The monoisotopic (exact) mass is 414 g/mol. The number of halogens is 3. The van der Waals surface area contributed by atoms with Gasteiger partial charge in [-0.3, -0.25) is 10.1 Å². The van der Waals surface area contributed by atoms with E-state index in [1.165, 1.54) is 18.3 Å². The van der Waals surface area contributed by atoms with Crippen molar-refractivity contribution < 1.29 is 14.1 Å². The molecule has 0 aliphatic carbocycles. The molecule has 9 nitrogen and oxygen atoms in total. The molecule has 3 rings (SSSR count). The number of hydrogen-bond acceptors (Lipinski definition) is 8. The predicted octanol–water partition coefficient (Wildman–Crippen LogP) is 3.11. The highest BCUT2D eigenvalue weighted by atomic mass is 35.5.